The van der Waals surface area contributed by atoms with Gasteiger partial charge in [0.2, 0.25) is 0 Å². The average molecular weight is 276 g/mol. The minimum Gasteiger partial charge on any atom is -0.397 e. The predicted molar refractivity (Wildman–Crippen MR) is 79.7 cm³/mol. The van der Waals surface area contributed by atoms with Crippen molar-refractivity contribution >= 4 is 34.7 Å². The summed E-state index contributed by atoms with van der Waals surface area (Å²) in [6.07, 6.45) is 0. The van der Waals surface area contributed by atoms with Crippen LogP contribution in [0.2, 0.25) is 5.02 Å². The highest BCUT2D eigenvalue weighted by atomic mass is 35.5. The number of carbonyl (C=O) groups excluding carboxylic acids is 1. The Balaban J connectivity index is 2.05. The summed E-state index contributed by atoms with van der Waals surface area (Å²) in [4.78, 5) is 11.8. The third kappa shape index (κ3) is 3.39. The van der Waals surface area contributed by atoms with Gasteiger partial charge in [-0.15, -0.1) is 0 Å². The number of nitrogens with two attached hydrogens (primary N) is 1. The van der Waals surface area contributed by atoms with Crippen molar-refractivity contribution in [3.05, 3.63) is 53.1 Å². The van der Waals surface area contributed by atoms with E-state index in [1.54, 1.807) is 36.4 Å². The second-order valence-electron chi connectivity index (χ2n) is 4.13. The Hall–Kier alpha value is -2.20. The summed E-state index contributed by atoms with van der Waals surface area (Å²) >= 11 is 5.99. The van der Waals surface area contributed by atoms with Crippen LogP contribution in [0.25, 0.3) is 0 Å². The van der Waals surface area contributed by atoms with Crippen LogP contribution in [0.15, 0.2) is 42.5 Å². The lowest BCUT2D eigenvalue weighted by Gasteiger charge is -2.10. The van der Waals surface area contributed by atoms with Gasteiger partial charge in [0.05, 0.1) is 11.4 Å². The van der Waals surface area contributed by atoms with E-state index in [4.69, 9.17) is 17.3 Å². The van der Waals surface area contributed by atoms with Crippen LogP contribution in [-0.4, -0.2) is 6.03 Å². The van der Waals surface area contributed by atoms with Gasteiger partial charge in [-0.3, -0.25) is 0 Å². The first-order chi connectivity index (χ1) is 9.06. The Bertz CT molecular complexity index is 613. The third-order valence-electron chi connectivity index (χ3n) is 2.64. The van der Waals surface area contributed by atoms with Gasteiger partial charge in [-0.2, -0.15) is 0 Å². The summed E-state index contributed by atoms with van der Waals surface area (Å²) in [5.41, 5.74) is 8.41. The number of halogens is 1. The van der Waals surface area contributed by atoms with Crippen molar-refractivity contribution in [3.8, 4) is 0 Å². The maximum Gasteiger partial charge on any atom is 0.323 e. The van der Waals surface area contributed by atoms with Gasteiger partial charge in [0.25, 0.3) is 0 Å². The van der Waals surface area contributed by atoms with E-state index in [1.807, 2.05) is 13.0 Å². The number of hydrogen-bond acceptors (Lipinski definition) is 2. The molecule has 0 saturated heterocycles. The zero-order valence-electron chi connectivity index (χ0n) is 10.4. The molecule has 0 bridgehead atoms. The number of benzene rings is 2. The van der Waals surface area contributed by atoms with Crippen molar-refractivity contribution in [1.82, 2.24) is 0 Å². The second-order valence-corrected chi connectivity index (χ2v) is 4.54. The van der Waals surface area contributed by atoms with Crippen molar-refractivity contribution in [3.63, 3.8) is 0 Å². The quantitative estimate of drug-likeness (QED) is 0.728. The largest absolute Gasteiger partial charge is 0.397 e. The van der Waals surface area contributed by atoms with Gasteiger partial charge in [0, 0.05) is 10.7 Å². The Morgan fingerprint density at radius 3 is 2.58 bits per heavy atom. The van der Waals surface area contributed by atoms with E-state index < -0.39 is 0 Å². The lowest BCUT2D eigenvalue weighted by molar-refractivity contribution is 0.262. The topological polar surface area (TPSA) is 67.2 Å². The lowest BCUT2D eigenvalue weighted by Crippen LogP contribution is -2.20. The molecule has 98 valence electrons. The van der Waals surface area contributed by atoms with Gasteiger partial charge >= 0.3 is 6.03 Å². The van der Waals surface area contributed by atoms with Gasteiger partial charge in [0.1, 0.15) is 0 Å². The van der Waals surface area contributed by atoms with Crippen molar-refractivity contribution in [2.24, 2.45) is 0 Å². The standard InChI is InChI=1S/C14H14ClN3O/c1-9-6-7-10(8-11(9)15)17-14(19)18-13-5-3-2-4-12(13)16/h2-8H,16H2,1H3,(H2,17,18,19). The molecule has 2 amide bonds. The van der Waals surface area contributed by atoms with Crippen LogP contribution in [0.4, 0.5) is 21.9 Å². The number of carbonyl (C=O) groups is 1. The molecule has 5 heteroatoms. The van der Waals surface area contributed by atoms with E-state index in [2.05, 4.69) is 10.6 Å². The minimum absolute atomic E-state index is 0.363. The Kier molecular flexibility index (Phi) is 3.92. The number of hydrogen-bond donors (Lipinski definition) is 3. The fourth-order valence-electron chi connectivity index (χ4n) is 1.57. The van der Waals surface area contributed by atoms with Gasteiger partial charge in [-0.05, 0) is 36.8 Å². The van der Waals surface area contributed by atoms with E-state index in [1.165, 1.54) is 0 Å². The maximum atomic E-state index is 11.8. The zero-order valence-corrected chi connectivity index (χ0v) is 11.2. The number of amides is 2. The van der Waals surface area contributed by atoms with Gasteiger partial charge in [0.15, 0.2) is 0 Å². The summed E-state index contributed by atoms with van der Waals surface area (Å²) in [5, 5.41) is 5.98. The summed E-state index contributed by atoms with van der Waals surface area (Å²) in [5.74, 6) is 0. The Morgan fingerprint density at radius 1 is 1.16 bits per heavy atom. The van der Waals surface area contributed by atoms with Gasteiger partial charge in [-0.25, -0.2) is 4.79 Å². The third-order valence-corrected chi connectivity index (χ3v) is 3.05. The second kappa shape index (κ2) is 5.63. The van der Waals surface area contributed by atoms with Crippen molar-refractivity contribution in [2.75, 3.05) is 16.4 Å². The first kappa shape index (κ1) is 13.2. The molecule has 0 fully saturated rings. The number of urea groups is 1. The van der Waals surface area contributed by atoms with Crippen LogP contribution in [-0.2, 0) is 0 Å². The molecular formula is C14H14ClN3O. The van der Waals surface area contributed by atoms with Gasteiger partial charge < -0.3 is 16.4 Å². The van der Waals surface area contributed by atoms with Crippen LogP contribution in [0.5, 0.6) is 0 Å². The fraction of sp³-hybridized carbons (Fsp3) is 0.0714. The first-order valence-corrected chi connectivity index (χ1v) is 6.13. The molecule has 0 radical (unpaired) electrons. The van der Waals surface area contributed by atoms with Crippen molar-refractivity contribution < 1.29 is 4.79 Å². The summed E-state index contributed by atoms with van der Waals surface area (Å²) in [7, 11) is 0. The fourth-order valence-corrected chi connectivity index (χ4v) is 1.75. The molecule has 0 aromatic heterocycles. The molecule has 0 heterocycles. The van der Waals surface area contributed by atoms with Crippen molar-refractivity contribution in [1.29, 1.82) is 0 Å². The molecule has 2 aromatic rings. The molecule has 2 aromatic carbocycles. The van der Waals surface area contributed by atoms with E-state index in [0.717, 1.165) is 5.56 Å². The molecule has 19 heavy (non-hydrogen) atoms. The molecule has 0 aliphatic rings. The van der Waals surface area contributed by atoms with Gasteiger partial charge in [-0.1, -0.05) is 29.8 Å². The predicted octanol–water partition coefficient (Wildman–Crippen LogP) is 3.87. The highest BCUT2D eigenvalue weighted by Gasteiger charge is 2.05. The monoisotopic (exact) mass is 275 g/mol. The normalized spacial score (nSPS) is 10.0. The zero-order chi connectivity index (χ0) is 13.8. The molecule has 4 N–H and O–H groups in total. The minimum atomic E-state index is -0.363. The summed E-state index contributed by atoms with van der Waals surface area (Å²) < 4.78 is 0. The summed E-state index contributed by atoms with van der Waals surface area (Å²) in [6.45, 7) is 1.90. The highest BCUT2D eigenvalue weighted by Crippen LogP contribution is 2.21. The molecule has 0 saturated carbocycles. The Morgan fingerprint density at radius 2 is 1.89 bits per heavy atom. The average Bonchev–Trinajstić information content (AvgIpc) is 2.37. The number of nitrogens with one attached hydrogen (secondary N) is 2. The smallest absolute Gasteiger partial charge is 0.323 e. The van der Waals surface area contributed by atoms with E-state index >= 15 is 0 Å². The first-order valence-electron chi connectivity index (χ1n) is 5.75. The number of aryl methyl sites for hydroxylation is 1. The lowest BCUT2D eigenvalue weighted by atomic mass is 10.2. The molecular weight excluding hydrogens is 262 g/mol. The number of anilines is 3. The van der Waals surface area contributed by atoms with Crippen LogP contribution < -0.4 is 16.4 Å². The summed E-state index contributed by atoms with van der Waals surface area (Å²) in [6, 6.07) is 12.0. The van der Waals surface area contributed by atoms with Crippen molar-refractivity contribution in [2.45, 2.75) is 6.92 Å². The molecule has 0 atom stereocenters. The van der Waals surface area contributed by atoms with E-state index in [0.29, 0.717) is 22.1 Å². The molecule has 0 aliphatic carbocycles. The highest BCUT2D eigenvalue weighted by molar-refractivity contribution is 6.31. The molecule has 2 rings (SSSR count). The van der Waals surface area contributed by atoms with E-state index in [9.17, 15) is 4.79 Å². The molecule has 0 unspecified atom stereocenters. The van der Waals surface area contributed by atoms with Crippen LogP contribution >= 0.6 is 11.6 Å². The maximum absolute atomic E-state index is 11.8. The number of rotatable bonds is 2. The van der Waals surface area contributed by atoms with Crippen LogP contribution in [0.1, 0.15) is 5.56 Å². The number of nitrogen functional groups attached to an aromatic ring is 1. The van der Waals surface area contributed by atoms with Crippen LogP contribution in [0, 0.1) is 6.92 Å². The van der Waals surface area contributed by atoms with Crippen LogP contribution in [0.3, 0.4) is 0 Å². The molecule has 4 nitrogen and oxygen atoms in total. The number of para-hydroxylation sites is 2. The Labute approximate surface area is 116 Å². The SMILES string of the molecule is Cc1ccc(NC(=O)Nc2ccccc2N)cc1Cl. The van der Waals surface area contributed by atoms with E-state index in [-0.39, 0.29) is 6.03 Å². The molecule has 0 aliphatic heterocycles. The molecule has 0 spiro atoms.